The van der Waals surface area contributed by atoms with Crippen molar-refractivity contribution in [3.8, 4) is 10.6 Å². The predicted octanol–water partition coefficient (Wildman–Crippen LogP) is 4.54. The molecule has 0 saturated heterocycles. The standard InChI is InChI=1S/C22H21F3N4O2S/c23-22(24,25)18-17(32-20(29-18)14-6-7-16(30)27-11-14)19(31)28-13-21(8-2-1-3-9-21)15-5-4-10-26-12-15/h4-7,10-12H,1-3,8-9,13H2,(H,27,30)(H,28,31). The molecule has 1 fully saturated rings. The molecule has 2 N–H and O–H groups in total. The average molecular weight is 462 g/mol. The van der Waals surface area contributed by atoms with Crippen molar-refractivity contribution in [2.75, 3.05) is 6.54 Å². The lowest BCUT2D eigenvalue weighted by molar-refractivity contribution is -0.141. The van der Waals surface area contributed by atoms with Crippen LogP contribution < -0.4 is 10.9 Å². The van der Waals surface area contributed by atoms with Crippen LogP contribution in [-0.2, 0) is 11.6 Å². The van der Waals surface area contributed by atoms with Gasteiger partial charge >= 0.3 is 6.18 Å². The third-order valence-corrected chi connectivity index (χ3v) is 6.91. The highest BCUT2D eigenvalue weighted by Gasteiger charge is 2.41. The second-order valence-electron chi connectivity index (χ2n) is 7.90. The molecule has 3 aromatic rings. The SMILES string of the molecule is O=C(NCC1(c2cccnc2)CCCCC1)c1sc(-c2ccc(=O)[nH]c2)nc1C(F)(F)F. The molecule has 0 radical (unpaired) electrons. The summed E-state index contributed by atoms with van der Waals surface area (Å²) in [5, 5.41) is 2.75. The maximum absolute atomic E-state index is 13.6. The minimum absolute atomic E-state index is 0.0124. The molecule has 3 aromatic heterocycles. The molecule has 3 heterocycles. The van der Waals surface area contributed by atoms with Gasteiger partial charge < -0.3 is 10.3 Å². The summed E-state index contributed by atoms with van der Waals surface area (Å²) in [5.41, 5.74) is -0.673. The summed E-state index contributed by atoms with van der Waals surface area (Å²) in [7, 11) is 0. The molecular formula is C22H21F3N4O2S. The molecule has 0 spiro atoms. The van der Waals surface area contributed by atoms with Gasteiger partial charge in [0.15, 0.2) is 5.69 Å². The van der Waals surface area contributed by atoms with Gasteiger partial charge in [0.05, 0.1) is 0 Å². The highest BCUT2D eigenvalue weighted by molar-refractivity contribution is 7.17. The number of aromatic amines is 1. The zero-order chi connectivity index (χ0) is 22.8. The summed E-state index contributed by atoms with van der Waals surface area (Å²) in [6.07, 6.45) is 4.64. The van der Waals surface area contributed by atoms with Gasteiger partial charge in [-0.3, -0.25) is 14.6 Å². The number of rotatable bonds is 5. The van der Waals surface area contributed by atoms with Crippen LogP contribution in [0.4, 0.5) is 13.2 Å². The van der Waals surface area contributed by atoms with E-state index in [0.29, 0.717) is 16.9 Å². The normalized spacial score (nSPS) is 16.0. The molecule has 0 aliphatic heterocycles. The third-order valence-electron chi connectivity index (χ3n) is 5.80. The number of alkyl halides is 3. The lowest BCUT2D eigenvalue weighted by atomic mass is 9.70. The van der Waals surface area contributed by atoms with Crippen molar-refractivity contribution >= 4 is 17.2 Å². The van der Waals surface area contributed by atoms with E-state index in [1.807, 2.05) is 12.1 Å². The van der Waals surface area contributed by atoms with Gasteiger partial charge in [0.1, 0.15) is 9.88 Å². The number of nitrogens with one attached hydrogen (secondary N) is 2. The lowest BCUT2D eigenvalue weighted by Crippen LogP contribution is -2.42. The Bertz CT molecular complexity index is 1130. The van der Waals surface area contributed by atoms with Crippen molar-refractivity contribution in [1.82, 2.24) is 20.3 Å². The molecule has 0 unspecified atom stereocenters. The number of pyridine rings is 2. The molecule has 32 heavy (non-hydrogen) atoms. The van der Waals surface area contributed by atoms with E-state index in [1.165, 1.54) is 18.3 Å². The number of H-pyrrole nitrogens is 1. The van der Waals surface area contributed by atoms with E-state index in [-0.39, 0.29) is 22.5 Å². The Morgan fingerprint density at radius 2 is 1.97 bits per heavy atom. The van der Waals surface area contributed by atoms with Crippen LogP contribution in [-0.4, -0.2) is 27.4 Å². The van der Waals surface area contributed by atoms with Gasteiger partial charge in [-0.15, -0.1) is 11.3 Å². The van der Waals surface area contributed by atoms with Crippen LogP contribution in [0.2, 0.25) is 0 Å². The monoisotopic (exact) mass is 462 g/mol. The molecule has 10 heteroatoms. The first-order valence-corrected chi connectivity index (χ1v) is 11.1. The Morgan fingerprint density at radius 3 is 2.59 bits per heavy atom. The summed E-state index contributed by atoms with van der Waals surface area (Å²) in [5.74, 6) is -0.806. The third kappa shape index (κ3) is 4.59. The second-order valence-corrected chi connectivity index (χ2v) is 8.90. The van der Waals surface area contributed by atoms with Gasteiger partial charge in [-0.25, -0.2) is 4.98 Å². The minimum Gasteiger partial charge on any atom is -0.350 e. The van der Waals surface area contributed by atoms with Crippen LogP contribution in [0.3, 0.4) is 0 Å². The second kappa shape index (κ2) is 8.85. The van der Waals surface area contributed by atoms with Crippen LogP contribution in [0.25, 0.3) is 10.6 Å². The lowest BCUT2D eigenvalue weighted by Gasteiger charge is -2.37. The number of halogens is 3. The van der Waals surface area contributed by atoms with E-state index in [1.54, 1.807) is 12.4 Å². The fourth-order valence-electron chi connectivity index (χ4n) is 4.14. The van der Waals surface area contributed by atoms with Crippen LogP contribution in [0.15, 0.2) is 47.7 Å². The van der Waals surface area contributed by atoms with E-state index in [2.05, 4.69) is 20.3 Å². The van der Waals surface area contributed by atoms with Crippen LogP contribution in [0, 0.1) is 0 Å². The smallest absolute Gasteiger partial charge is 0.350 e. The number of thiazole rings is 1. The van der Waals surface area contributed by atoms with E-state index >= 15 is 0 Å². The van der Waals surface area contributed by atoms with Crippen molar-refractivity contribution in [1.29, 1.82) is 0 Å². The van der Waals surface area contributed by atoms with E-state index in [0.717, 1.165) is 37.7 Å². The Labute approximate surface area is 185 Å². The molecule has 1 aliphatic rings. The summed E-state index contributed by atoms with van der Waals surface area (Å²) in [6.45, 7) is 0.223. The topological polar surface area (TPSA) is 87.7 Å². The van der Waals surface area contributed by atoms with Gasteiger partial charge in [0.2, 0.25) is 5.56 Å². The molecule has 1 aliphatic carbocycles. The fourth-order valence-corrected chi connectivity index (χ4v) is 5.13. The number of carbonyl (C=O) groups is 1. The van der Waals surface area contributed by atoms with Gasteiger partial charge in [-0.05, 0) is 30.5 Å². The quantitative estimate of drug-likeness (QED) is 0.583. The zero-order valence-electron chi connectivity index (χ0n) is 17.0. The number of amides is 1. The molecular weight excluding hydrogens is 441 g/mol. The van der Waals surface area contributed by atoms with E-state index in [9.17, 15) is 22.8 Å². The maximum Gasteiger partial charge on any atom is 0.435 e. The number of hydrogen-bond acceptors (Lipinski definition) is 5. The molecule has 1 saturated carbocycles. The minimum atomic E-state index is -4.78. The average Bonchev–Trinajstić information content (AvgIpc) is 3.26. The van der Waals surface area contributed by atoms with Crippen molar-refractivity contribution in [2.24, 2.45) is 0 Å². The summed E-state index contributed by atoms with van der Waals surface area (Å²) in [6, 6.07) is 6.35. The van der Waals surface area contributed by atoms with Gasteiger partial charge in [-0.2, -0.15) is 13.2 Å². The van der Waals surface area contributed by atoms with E-state index in [4.69, 9.17) is 0 Å². The molecule has 0 aromatic carbocycles. The number of hydrogen-bond donors (Lipinski definition) is 2. The molecule has 0 atom stereocenters. The van der Waals surface area contributed by atoms with Crippen molar-refractivity contribution in [3.05, 3.63) is 69.3 Å². The number of nitrogens with zero attached hydrogens (tertiary/aromatic N) is 2. The Hall–Kier alpha value is -3.01. The zero-order valence-corrected chi connectivity index (χ0v) is 17.9. The van der Waals surface area contributed by atoms with Gasteiger partial charge in [-0.1, -0.05) is 25.3 Å². The van der Waals surface area contributed by atoms with Crippen molar-refractivity contribution < 1.29 is 18.0 Å². The van der Waals surface area contributed by atoms with Crippen LogP contribution >= 0.6 is 11.3 Å². The van der Waals surface area contributed by atoms with Crippen molar-refractivity contribution in [2.45, 2.75) is 43.7 Å². The first-order valence-electron chi connectivity index (χ1n) is 10.2. The first kappa shape index (κ1) is 22.2. The van der Waals surface area contributed by atoms with Crippen molar-refractivity contribution in [3.63, 3.8) is 0 Å². The number of carbonyl (C=O) groups excluding carboxylic acids is 1. The van der Waals surface area contributed by atoms with Crippen LogP contribution in [0.1, 0.15) is 53.0 Å². The summed E-state index contributed by atoms with van der Waals surface area (Å²) >= 11 is 0.657. The molecule has 0 bridgehead atoms. The number of aromatic nitrogens is 3. The van der Waals surface area contributed by atoms with Gasteiger partial charge in [0, 0.05) is 42.2 Å². The molecule has 6 nitrogen and oxygen atoms in total. The highest BCUT2D eigenvalue weighted by Crippen LogP contribution is 2.40. The predicted molar refractivity (Wildman–Crippen MR) is 115 cm³/mol. The molecule has 1 amide bonds. The van der Waals surface area contributed by atoms with Crippen LogP contribution in [0.5, 0.6) is 0 Å². The first-order chi connectivity index (χ1) is 15.3. The Balaban J connectivity index is 1.62. The Kier molecular flexibility index (Phi) is 6.14. The fraction of sp³-hybridized carbons (Fsp3) is 0.364. The Morgan fingerprint density at radius 1 is 1.19 bits per heavy atom. The largest absolute Gasteiger partial charge is 0.435 e. The maximum atomic E-state index is 13.6. The molecule has 4 rings (SSSR count). The molecule has 168 valence electrons. The summed E-state index contributed by atoms with van der Waals surface area (Å²) in [4.78, 5) is 33.9. The summed E-state index contributed by atoms with van der Waals surface area (Å²) < 4.78 is 40.9. The highest BCUT2D eigenvalue weighted by atomic mass is 32.1. The van der Waals surface area contributed by atoms with E-state index < -0.39 is 22.7 Å². The van der Waals surface area contributed by atoms with Gasteiger partial charge in [0.25, 0.3) is 5.91 Å².